The van der Waals surface area contributed by atoms with Crippen molar-refractivity contribution in [3.63, 3.8) is 0 Å². The second kappa shape index (κ2) is 7.72. The third kappa shape index (κ3) is 4.10. The van der Waals surface area contributed by atoms with Gasteiger partial charge >= 0.3 is 5.97 Å². The fraction of sp³-hybridized carbons (Fsp3) is 0.529. The number of benzene rings is 1. The number of carbonyl (C=O) groups is 1. The van der Waals surface area contributed by atoms with Crippen LogP contribution in [0.15, 0.2) is 18.2 Å². The summed E-state index contributed by atoms with van der Waals surface area (Å²) >= 11 is 0. The third-order valence-corrected chi connectivity index (χ3v) is 4.23. The maximum Gasteiger partial charge on any atom is 0.306 e. The number of para-hydroxylation sites is 1. The van der Waals surface area contributed by atoms with E-state index in [-0.39, 0.29) is 17.9 Å². The van der Waals surface area contributed by atoms with Crippen LogP contribution in [0.5, 0.6) is 0 Å². The zero-order valence-corrected chi connectivity index (χ0v) is 13.8. The van der Waals surface area contributed by atoms with E-state index in [9.17, 15) is 9.18 Å². The molecule has 1 N–H and O–H groups in total. The molecule has 1 aliphatic heterocycles. The number of nitrogens with one attached hydrogen (secondary N) is 1. The Morgan fingerprint density at radius 1 is 1.54 bits per heavy atom. The number of aromatic nitrogens is 2. The van der Waals surface area contributed by atoms with Crippen LogP contribution in [-0.4, -0.2) is 53.7 Å². The van der Waals surface area contributed by atoms with Crippen molar-refractivity contribution in [2.24, 2.45) is 0 Å². The molecule has 0 bridgehead atoms. The van der Waals surface area contributed by atoms with E-state index < -0.39 is 0 Å². The molecule has 24 heavy (non-hydrogen) atoms. The molecular formula is C17H22FN3O3. The molecule has 1 atom stereocenters. The summed E-state index contributed by atoms with van der Waals surface area (Å²) in [6, 6.07) is 4.85. The van der Waals surface area contributed by atoms with Crippen LogP contribution >= 0.6 is 0 Å². The number of nitrogens with zero attached hydrogens (tertiary/aromatic N) is 2. The molecule has 1 unspecified atom stereocenters. The number of esters is 1. The van der Waals surface area contributed by atoms with Gasteiger partial charge < -0.3 is 14.5 Å². The van der Waals surface area contributed by atoms with E-state index in [0.717, 1.165) is 26.0 Å². The molecule has 0 aliphatic carbocycles. The Kier molecular flexibility index (Phi) is 5.42. The van der Waals surface area contributed by atoms with E-state index in [1.165, 1.54) is 13.2 Å². The van der Waals surface area contributed by atoms with Crippen molar-refractivity contribution in [1.82, 2.24) is 14.9 Å². The number of methoxy groups -OCH3 is 1. The lowest BCUT2D eigenvalue weighted by molar-refractivity contribution is -0.141. The van der Waals surface area contributed by atoms with Crippen LogP contribution in [0, 0.1) is 5.82 Å². The van der Waals surface area contributed by atoms with Crippen molar-refractivity contribution in [2.75, 3.05) is 26.8 Å². The van der Waals surface area contributed by atoms with Gasteiger partial charge in [0.15, 0.2) is 5.82 Å². The smallest absolute Gasteiger partial charge is 0.306 e. The molecule has 130 valence electrons. The highest BCUT2D eigenvalue weighted by Crippen LogP contribution is 2.18. The monoisotopic (exact) mass is 335 g/mol. The topological polar surface area (TPSA) is 67.5 Å². The summed E-state index contributed by atoms with van der Waals surface area (Å²) in [5.74, 6) is 0.0937. The van der Waals surface area contributed by atoms with Gasteiger partial charge in [-0.2, -0.15) is 0 Å². The number of hydrogen-bond donors (Lipinski definition) is 1. The molecule has 2 aromatic rings. The summed E-state index contributed by atoms with van der Waals surface area (Å²) in [6.07, 6.45) is 2.55. The fourth-order valence-electron chi connectivity index (χ4n) is 3.00. The zero-order chi connectivity index (χ0) is 16.9. The summed E-state index contributed by atoms with van der Waals surface area (Å²) in [6.45, 7) is 2.55. The predicted octanol–water partition coefficient (Wildman–Crippen LogP) is 2.25. The highest BCUT2D eigenvalue weighted by Gasteiger charge is 2.21. The number of imidazole rings is 1. The highest BCUT2D eigenvalue weighted by atomic mass is 19.1. The number of ether oxygens (including phenoxy) is 2. The lowest BCUT2D eigenvalue weighted by atomic mass is 10.2. The molecule has 1 aromatic heterocycles. The molecule has 0 amide bonds. The van der Waals surface area contributed by atoms with Gasteiger partial charge in [-0.1, -0.05) is 6.07 Å². The number of H-pyrrole nitrogens is 1. The third-order valence-electron chi connectivity index (χ3n) is 4.23. The Morgan fingerprint density at radius 2 is 2.42 bits per heavy atom. The predicted molar refractivity (Wildman–Crippen MR) is 86.9 cm³/mol. The molecule has 0 radical (unpaired) electrons. The van der Waals surface area contributed by atoms with Crippen molar-refractivity contribution in [1.29, 1.82) is 0 Å². The Hall–Kier alpha value is -1.99. The molecule has 6 nitrogen and oxygen atoms in total. The van der Waals surface area contributed by atoms with Crippen molar-refractivity contribution >= 4 is 17.0 Å². The van der Waals surface area contributed by atoms with Gasteiger partial charge in [-0.15, -0.1) is 0 Å². The summed E-state index contributed by atoms with van der Waals surface area (Å²) in [7, 11) is 1.38. The zero-order valence-electron chi connectivity index (χ0n) is 13.8. The van der Waals surface area contributed by atoms with Gasteiger partial charge in [0.25, 0.3) is 0 Å². The van der Waals surface area contributed by atoms with E-state index in [2.05, 4.69) is 14.9 Å². The lowest BCUT2D eigenvalue weighted by Gasteiger charge is -2.23. The summed E-state index contributed by atoms with van der Waals surface area (Å²) in [4.78, 5) is 21.0. The van der Waals surface area contributed by atoms with Crippen LogP contribution in [0.4, 0.5) is 4.39 Å². The van der Waals surface area contributed by atoms with Crippen molar-refractivity contribution in [2.45, 2.75) is 31.9 Å². The minimum Gasteiger partial charge on any atom is -0.469 e. The van der Waals surface area contributed by atoms with Gasteiger partial charge in [-0.25, -0.2) is 9.37 Å². The molecule has 3 rings (SSSR count). The van der Waals surface area contributed by atoms with Crippen molar-refractivity contribution in [3.05, 3.63) is 29.8 Å². The van der Waals surface area contributed by atoms with Crippen LogP contribution in [0.1, 0.15) is 25.1 Å². The average molecular weight is 335 g/mol. The van der Waals surface area contributed by atoms with Gasteiger partial charge in [0.05, 0.1) is 31.7 Å². The van der Waals surface area contributed by atoms with E-state index in [4.69, 9.17) is 9.47 Å². The molecule has 1 aromatic carbocycles. The Bertz CT molecular complexity index is 697. The number of fused-ring (bicyclic) bond motifs is 1. The molecule has 0 saturated carbocycles. The molecule has 2 heterocycles. The largest absolute Gasteiger partial charge is 0.469 e. The normalized spacial score (nSPS) is 17.7. The minimum absolute atomic E-state index is 0.170. The molecular weight excluding hydrogens is 313 g/mol. The number of hydrogen-bond acceptors (Lipinski definition) is 5. The maximum atomic E-state index is 13.8. The van der Waals surface area contributed by atoms with Gasteiger partial charge in [-0.3, -0.25) is 9.69 Å². The molecule has 1 aliphatic rings. The first kappa shape index (κ1) is 16.9. The highest BCUT2D eigenvalue weighted by molar-refractivity contribution is 5.75. The molecule has 1 fully saturated rings. The van der Waals surface area contributed by atoms with Crippen LogP contribution in [0.3, 0.4) is 0 Å². The Labute approximate surface area is 139 Å². The molecule has 1 saturated heterocycles. The Morgan fingerprint density at radius 3 is 3.12 bits per heavy atom. The van der Waals surface area contributed by atoms with Gasteiger partial charge in [0.2, 0.25) is 0 Å². The first-order valence-electron chi connectivity index (χ1n) is 8.19. The number of carbonyl (C=O) groups excluding carboxylic acids is 1. The van der Waals surface area contributed by atoms with Crippen molar-refractivity contribution < 1.29 is 18.7 Å². The minimum atomic E-state index is -0.338. The fourth-order valence-corrected chi connectivity index (χ4v) is 3.00. The number of halogens is 1. The average Bonchev–Trinajstić information content (AvgIpc) is 3.22. The van der Waals surface area contributed by atoms with E-state index in [1.54, 1.807) is 12.1 Å². The second-order valence-corrected chi connectivity index (χ2v) is 6.02. The molecule has 0 spiro atoms. The molecule has 7 heteroatoms. The first-order valence-corrected chi connectivity index (χ1v) is 8.19. The van der Waals surface area contributed by atoms with Crippen molar-refractivity contribution in [3.8, 4) is 0 Å². The number of aromatic amines is 1. The summed E-state index contributed by atoms with van der Waals surface area (Å²) in [5, 5.41) is 0. The summed E-state index contributed by atoms with van der Waals surface area (Å²) < 4.78 is 24.2. The summed E-state index contributed by atoms with van der Waals surface area (Å²) in [5.41, 5.74) is 1.02. The van der Waals surface area contributed by atoms with Crippen LogP contribution in [-0.2, 0) is 20.8 Å². The van der Waals surface area contributed by atoms with E-state index in [0.29, 0.717) is 36.4 Å². The van der Waals surface area contributed by atoms with E-state index in [1.807, 2.05) is 0 Å². The van der Waals surface area contributed by atoms with Crippen LogP contribution < -0.4 is 0 Å². The lowest BCUT2D eigenvalue weighted by Crippen LogP contribution is -2.34. The SMILES string of the molecule is COC(=O)CCN(Cc1nc2c(F)cccc2[nH]1)CC1CCCO1. The van der Waals surface area contributed by atoms with Gasteiger partial charge in [0, 0.05) is 19.7 Å². The Balaban J connectivity index is 1.70. The second-order valence-electron chi connectivity index (χ2n) is 6.02. The standard InChI is InChI=1S/C17H22FN3O3/c1-23-16(22)7-8-21(10-12-4-3-9-24-12)11-15-19-14-6-2-5-13(18)17(14)20-15/h2,5-6,12H,3-4,7-11H2,1H3,(H,19,20). The van der Waals surface area contributed by atoms with E-state index >= 15 is 0 Å². The number of rotatable bonds is 7. The van der Waals surface area contributed by atoms with Crippen LogP contribution in [0.2, 0.25) is 0 Å². The van der Waals surface area contributed by atoms with Crippen LogP contribution in [0.25, 0.3) is 11.0 Å². The van der Waals surface area contributed by atoms with Gasteiger partial charge in [-0.05, 0) is 25.0 Å². The maximum absolute atomic E-state index is 13.8. The van der Waals surface area contributed by atoms with Gasteiger partial charge in [0.1, 0.15) is 11.3 Å². The first-order chi connectivity index (χ1) is 11.7. The quantitative estimate of drug-likeness (QED) is 0.786.